The summed E-state index contributed by atoms with van der Waals surface area (Å²) in [6, 6.07) is 15.6. The first-order valence-corrected chi connectivity index (χ1v) is 8.45. The second-order valence-electron chi connectivity index (χ2n) is 4.94. The van der Waals surface area contributed by atoms with Crippen LogP contribution >= 0.6 is 23.4 Å². The molecule has 6 heteroatoms. The minimum absolute atomic E-state index is 0.236. The van der Waals surface area contributed by atoms with Gasteiger partial charge < -0.3 is 9.15 Å². The minimum atomic E-state index is 0.236. The largest absolute Gasteiger partial charge is 0.484 e. The highest BCUT2D eigenvalue weighted by atomic mass is 35.5. The Hall–Kier alpha value is -1.98. The van der Waals surface area contributed by atoms with Gasteiger partial charge in [0, 0.05) is 10.8 Å². The van der Waals surface area contributed by atoms with Gasteiger partial charge in [0.15, 0.2) is 6.61 Å². The van der Waals surface area contributed by atoms with Crippen LogP contribution in [-0.2, 0) is 12.4 Å². The molecule has 0 aliphatic heterocycles. The number of rotatable bonds is 6. The van der Waals surface area contributed by atoms with Crippen molar-refractivity contribution in [3.63, 3.8) is 0 Å². The Morgan fingerprint density at radius 1 is 1.13 bits per heavy atom. The first kappa shape index (κ1) is 15.9. The summed E-state index contributed by atoms with van der Waals surface area (Å²) in [6.07, 6.45) is 0. The molecule has 118 valence electrons. The van der Waals surface area contributed by atoms with Crippen LogP contribution in [0.25, 0.3) is 0 Å². The fraction of sp³-hybridized carbons (Fsp3) is 0.176. The van der Waals surface area contributed by atoms with E-state index in [9.17, 15) is 0 Å². The number of ether oxygens (including phenoxy) is 1. The average molecular weight is 347 g/mol. The molecule has 3 rings (SSSR count). The van der Waals surface area contributed by atoms with Crippen molar-refractivity contribution in [2.75, 3.05) is 0 Å². The lowest BCUT2D eigenvalue weighted by Crippen LogP contribution is -1.96. The van der Waals surface area contributed by atoms with Gasteiger partial charge in [-0.25, -0.2) is 0 Å². The normalized spacial score (nSPS) is 10.7. The molecule has 0 radical (unpaired) electrons. The molecule has 1 heterocycles. The van der Waals surface area contributed by atoms with E-state index in [0.29, 0.717) is 11.1 Å². The lowest BCUT2D eigenvalue weighted by molar-refractivity contribution is 0.252. The van der Waals surface area contributed by atoms with Crippen molar-refractivity contribution in [3.05, 3.63) is 70.6 Å². The maximum Gasteiger partial charge on any atom is 0.277 e. The zero-order chi connectivity index (χ0) is 16.1. The summed E-state index contributed by atoms with van der Waals surface area (Å²) >= 11 is 7.49. The third-order valence-electron chi connectivity index (χ3n) is 3.15. The quantitative estimate of drug-likeness (QED) is 0.594. The third-order valence-corrected chi connectivity index (χ3v) is 4.46. The number of aryl methyl sites for hydroxylation is 1. The van der Waals surface area contributed by atoms with Crippen molar-refractivity contribution in [1.82, 2.24) is 10.2 Å². The Bertz CT molecular complexity index is 777. The molecule has 1 aromatic heterocycles. The summed E-state index contributed by atoms with van der Waals surface area (Å²) in [7, 11) is 0. The van der Waals surface area contributed by atoms with Gasteiger partial charge in [-0.05, 0) is 36.2 Å². The Morgan fingerprint density at radius 3 is 2.74 bits per heavy atom. The number of halogens is 1. The summed E-state index contributed by atoms with van der Waals surface area (Å²) < 4.78 is 11.2. The van der Waals surface area contributed by atoms with E-state index in [1.54, 1.807) is 6.07 Å². The van der Waals surface area contributed by atoms with Crippen LogP contribution in [0.1, 0.15) is 17.0 Å². The summed E-state index contributed by atoms with van der Waals surface area (Å²) in [6.45, 7) is 2.17. The Morgan fingerprint density at radius 2 is 1.96 bits per heavy atom. The van der Waals surface area contributed by atoms with Crippen LogP contribution in [0.5, 0.6) is 5.75 Å². The molecule has 0 aliphatic rings. The molecule has 0 N–H and O–H groups in total. The first-order chi connectivity index (χ1) is 11.2. The number of aromatic nitrogens is 2. The lowest BCUT2D eigenvalue weighted by Gasteiger charge is -2.05. The number of thioether (sulfide) groups is 1. The SMILES string of the molecule is Cc1cc(OCc2nnc(SCc3ccccc3)o2)ccc1Cl. The van der Waals surface area contributed by atoms with E-state index in [2.05, 4.69) is 22.3 Å². The molecule has 3 aromatic rings. The lowest BCUT2D eigenvalue weighted by atomic mass is 10.2. The fourth-order valence-corrected chi connectivity index (χ4v) is 2.78. The Labute approximate surface area is 143 Å². The molecule has 2 aromatic carbocycles. The molecule has 4 nitrogen and oxygen atoms in total. The molecule has 0 atom stereocenters. The predicted molar refractivity (Wildman–Crippen MR) is 90.8 cm³/mol. The van der Waals surface area contributed by atoms with Gasteiger partial charge in [0.05, 0.1) is 0 Å². The van der Waals surface area contributed by atoms with Crippen LogP contribution in [0.15, 0.2) is 58.2 Å². The molecule has 0 saturated carbocycles. The van der Waals surface area contributed by atoms with Crippen LogP contribution in [0, 0.1) is 6.92 Å². The molecule has 0 saturated heterocycles. The van der Waals surface area contributed by atoms with Crippen molar-refractivity contribution >= 4 is 23.4 Å². The second kappa shape index (κ2) is 7.53. The van der Waals surface area contributed by atoms with Gasteiger partial charge in [0.1, 0.15) is 5.75 Å². The van der Waals surface area contributed by atoms with Gasteiger partial charge in [-0.1, -0.05) is 53.7 Å². The number of hydrogen-bond acceptors (Lipinski definition) is 5. The van der Waals surface area contributed by atoms with Crippen LogP contribution in [0.3, 0.4) is 0 Å². The molecule has 0 bridgehead atoms. The first-order valence-electron chi connectivity index (χ1n) is 7.09. The second-order valence-corrected chi connectivity index (χ2v) is 6.27. The molecule has 0 aliphatic carbocycles. The average Bonchev–Trinajstić information content (AvgIpc) is 3.03. The topological polar surface area (TPSA) is 48.2 Å². The van der Waals surface area contributed by atoms with Crippen molar-refractivity contribution in [3.8, 4) is 5.75 Å². The van der Waals surface area contributed by atoms with Crippen LogP contribution in [0.4, 0.5) is 0 Å². The van der Waals surface area contributed by atoms with E-state index in [1.807, 2.05) is 37.3 Å². The molecular formula is C17H15ClN2O2S. The molecule has 0 spiro atoms. The maximum atomic E-state index is 5.99. The predicted octanol–water partition coefficient (Wildman–Crippen LogP) is 4.90. The summed E-state index contributed by atoms with van der Waals surface area (Å²) in [5.74, 6) is 1.97. The van der Waals surface area contributed by atoms with E-state index < -0.39 is 0 Å². The van der Waals surface area contributed by atoms with Crippen molar-refractivity contribution in [2.24, 2.45) is 0 Å². The van der Waals surface area contributed by atoms with Crippen molar-refractivity contribution < 1.29 is 9.15 Å². The smallest absolute Gasteiger partial charge is 0.277 e. The van der Waals surface area contributed by atoms with Crippen LogP contribution in [-0.4, -0.2) is 10.2 Å². The van der Waals surface area contributed by atoms with Gasteiger partial charge in [-0.15, -0.1) is 10.2 Å². The Balaban J connectivity index is 1.53. The van der Waals surface area contributed by atoms with Gasteiger partial charge in [0.2, 0.25) is 0 Å². The van der Waals surface area contributed by atoms with Crippen LogP contribution in [0.2, 0.25) is 5.02 Å². The van der Waals surface area contributed by atoms with E-state index in [-0.39, 0.29) is 6.61 Å². The van der Waals surface area contributed by atoms with Gasteiger partial charge in [0.25, 0.3) is 11.1 Å². The van der Waals surface area contributed by atoms with Gasteiger partial charge in [-0.3, -0.25) is 0 Å². The Kier molecular flexibility index (Phi) is 5.20. The number of benzene rings is 2. The summed E-state index contributed by atoms with van der Waals surface area (Å²) in [5, 5.41) is 9.27. The highest BCUT2D eigenvalue weighted by Gasteiger charge is 2.08. The van der Waals surface area contributed by atoms with E-state index in [1.165, 1.54) is 17.3 Å². The number of hydrogen-bond donors (Lipinski definition) is 0. The highest BCUT2D eigenvalue weighted by Crippen LogP contribution is 2.23. The zero-order valence-electron chi connectivity index (χ0n) is 12.5. The van der Waals surface area contributed by atoms with E-state index in [4.69, 9.17) is 20.8 Å². The molecule has 0 unspecified atom stereocenters. The van der Waals surface area contributed by atoms with Crippen molar-refractivity contribution in [2.45, 2.75) is 24.5 Å². The molecule has 0 amide bonds. The minimum Gasteiger partial charge on any atom is -0.484 e. The summed E-state index contributed by atoms with van der Waals surface area (Å²) in [5.41, 5.74) is 2.18. The number of nitrogens with zero attached hydrogens (tertiary/aromatic N) is 2. The maximum absolute atomic E-state index is 5.99. The monoisotopic (exact) mass is 346 g/mol. The van der Waals surface area contributed by atoms with Gasteiger partial charge >= 0.3 is 0 Å². The zero-order valence-corrected chi connectivity index (χ0v) is 14.1. The highest BCUT2D eigenvalue weighted by molar-refractivity contribution is 7.98. The fourth-order valence-electron chi connectivity index (χ4n) is 1.93. The summed E-state index contributed by atoms with van der Waals surface area (Å²) in [4.78, 5) is 0. The van der Waals surface area contributed by atoms with Crippen molar-refractivity contribution in [1.29, 1.82) is 0 Å². The van der Waals surface area contributed by atoms with E-state index >= 15 is 0 Å². The molecule has 23 heavy (non-hydrogen) atoms. The van der Waals surface area contributed by atoms with Gasteiger partial charge in [-0.2, -0.15) is 0 Å². The molecule has 0 fully saturated rings. The van der Waals surface area contributed by atoms with Crippen LogP contribution < -0.4 is 4.74 Å². The molecular weight excluding hydrogens is 332 g/mol. The van der Waals surface area contributed by atoms with E-state index in [0.717, 1.165) is 22.1 Å². The standard InChI is InChI=1S/C17H15ClN2O2S/c1-12-9-14(7-8-15(12)18)21-10-16-19-20-17(22-16)23-11-13-5-3-2-4-6-13/h2-9H,10-11H2,1H3. The third kappa shape index (κ3) is 4.50.